The first-order valence-corrected chi connectivity index (χ1v) is 6.79. The Bertz CT molecular complexity index is 663. The number of nitrogens with zero attached hydrogens (tertiary/aromatic N) is 2. The minimum Gasteiger partial charge on any atom is -0.486 e. The van der Waals surface area contributed by atoms with E-state index in [0.717, 1.165) is 16.4 Å². The van der Waals surface area contributed by atoms with E-state index in [9.17, 15) is 0 Å². The molecule has 0 radical (unpaired) electrons. The highest BCUT2D eigenvalue weighted by molar-refractivity contribution is 7.99. The molecule has 0 bridgehead atoms. The fraction of sp³-hybridized carbons (Fsp3) is 0.154. The van der Waals surface area contributed by atoms with E-state index in [0.29, 0.717) is 23.8 Å². The van der Waals surface area contributed by atoms with Gasteiger partial charge in [0.1, 0.15) is 24.1 Å². The summed E-state index contributed by atoms with van der Waals surface area (Å²) in [4.78, 5) is 0.928. The number of nitrogen functional groups attached to an aromatic ring is 1. The zero-order valence-electron chi connectivity index (χ0n) is 10.5. The van der Waals surface area contributed by atoms with Gasteiger partial charge >= 0.3 is 0 Å². The minimum absolute atomic E-state index is 0.0278. The Hall–Kier alpha value is -2.28. The average Bonchev–Trinajstić information content (AvgIpc) is 2.47. The highest BCUT2D eigenvalue weighted by Gasteiger charge is 2.14. The van der Waals surface area contributed by atoms with Crippen LogP contribution < -0.4 is 15.2 Å². The summed E-state index contributed by atoms with van der Waals surface area (Å²) in [5.74, 6) is 1.43. The predicted molar refractivity (Wildman–Crippen MR) is 74.6 cm³/mol. The summed E-state index contributed by atoms with van der Waals surface area (Å²) in [6, 6.07) is 7.34. The maximum Gasteiger partial charge on any atom is 0.162 e. The van der Waals surface area contributed by atoms with Gasteiger partial charge in [0.25, 0.3) is 0 Å². The summed E-state index contributed by atoms with van der Waals surface area (Å²) in [5.41, 5.74) is 6.11. The third kappa shape index (κ3) is 2.53. The smallest absolute Gasteiger partial charge is 0.162 e. The van der Waals surface area contributed by atoms with Gasteiger partial charge in [-0.2, -0.15) is 5.10 Å². The molecule has 0 unspecified atom stereocenters. The zero-order valence-corrected chi connectivity index (χ0v) is 11.3. The van der Waals surface area contributed by atoms with Gasteiger partial charge < -0.3 is 15.2 Å². The van der Waals surface area contributed by atoms with Crippen LogP contribution in [-0.4, -0.2) is 29.2 Å². The van der Waals surface area contributed by atoms with Gasteiger partial charge in [0, 0.05) is 4.90 Å². The Morgan fingerprint density at radius 1 is 1.20 bits per heavy atom. The first-order valence-electron chi connectivity index (χ1n) is 5.97. The average molecular weight is 288 g/mol. The summed E-state index contributed by atoms with van der Waals surface area (Å²) in [6.45, 7) is 1.11. The Labute approximate surface area is 119 Å². The van der Waals surface area contributed by atoms with Crippen molar-refractivity contribution >= 4 is 17.6 Å². The molecule has 0 saturated carbocycles. The summed E-state index contributed by atoms with van der Waals surface area (Å²) >= 11 is 1.39. The van der Waals surface area contributed by atoms with Crippen LogP contribution >= 0.6 is 11.8 Å². The number of nitrogens with one attached hydrogen (secondary N) is 1. The highest BCUT2D eigenvalue weighted by Crippen LogP contribution is 2.36. The topological polar surface area (TPSA) is 94.1 Å². The van der Waals surface area contributed by atoms with Crippen molar-refractivity contribution in [1.29, 1.82) is 5.41 Å². The van der Waals surface area contributed by atoms with E-state index >= 15 is 0 Å². The molecular weight excluding hydrogens is 276 g/mol. The first kappa shape index (κ1) is 12.7. The van der Waals surface area contributed by atoms with Crippen molar-refractivity contribution in [2.24, 2.45) is 5.73 Å². The third-order valence-electron chi connectivity index (χ3n) is 2.71. The van der Waals surface area contributed by atoms with Crippen LogP contribution in [0.15, 0.2) is 40.4 Å². The van der Waals surface area contributed by atoms with E-state index in [1.54, 1.807) is 6.07 Å². The lowest BCUT2D eigenvalue weighted by Crippen LogP contribution is -2.15. The van der Waals surface area contributed by atoms with Crippen LogP contribution in [0, 0.1) is 5.41 Å². The molecule has 7 heteroatoms. The van der Waals surface area contributed by atoms with Crippen molar-refractivity contribution < 1.29 is 9.47 Å². The molecule has 0 fully saturated rings. The maximum absolute atomic E-state index is 7.55. The molecule has 2 heterocycles. The van der Waals surface area contributed by atoms with Crippen molar-refractivity contribution in [2.75, 3.05) is 13.2 Å². The van der Waals surface area contributed by atoms with Gasteiger partial charge in [0.15, 0.2) is 11.5 Å². The van der Waals surface area contributed by atoms with Crippen LogP contribution in [0.5, 0.6) is 11.5 Å². The SMILES string of the molecule is N=C(N)c1ccnnc1Sc1ccc2c(c1)OCCO2. The van der Waals surface area contributed by atoms with Crippen molar-refractivity contribution in [3.63, 3.8) is 0 Å². The van der Waals surface area contributed by atoms with E-state index in [1.165, 1.54) is 18.0 Å². The van der Waals surface area contributed by atoms with E-state index in [4.69, 9.17) is 20.6 Å². The van der Waals surface area contributed by atoms with Gasteiger partial charge in [-0.05, 0) is 24.3 Å². The molecule has 1 aliphatic heterocycles. The standard InChI is InChI=1S/C13H12N4O2S/c14-12(15)9-3-4-16-17-13(9)20-8-1-2-10-11(7-8)19-6-5-18-10/h1-4,7H,5-6H2,(H3,14,15). The number of ether oxygens (including phenoxy) is 2. The van der Waals surface area contributed by atoms with Crippen molar-refractivity contribution in [3.8, 4) is 11.5 Å². The molecular formula is C13H12N4O2S. The van der Waals surface area contributed by atoms with Gasteiger partial charge in [-0.3, -0.25) is 5.41 Å². The number of fused-ring (bicyclic) bond motifs is 1. The fourth-order valence-electron chi connectivity index (χ4n) is 1.80. The Balaban J connectivity index is 1.90. The maximum atomic E-state index is 7.55. The normalized spacial score (nSPS) is 13.0. The second-order valence-corrected chi connectivity index (χ2v) is 5.13. The predicted octanol–water partition coefficient (Wildman–Crippen LogP) is 1.68. The molecule has 0 atom stereocenters. The molecule has 0 aliphatic carbocycles. The van der Waals surface area contributed by atoms with Crippen molar-refractivity contribution in [3.05, 3.63) is 36.0 Å². The summed E-state index contributed by atoms with van der Waals surface area (Å²) < 4.78 is 11.0. The van der Waals surface area contributed by atoms with E-state index < -0.39 is 0 Å². The lowest BCUT2D eigenvalue weighted by atomic mass is 10.3. The second-order valence-electron chi connectivity index (χ2n) is 4.07. The first-order chi connectivity index (χ1) is 9.74. The highest BCUT2D eigenvalue weighted by atomic mass is 32.2. The number of hydrogen-bond donors (Lipinski definition) is 2. The molecule has 2 aromatic rings. The molecule has 102 valence electrons. The van der Waals surface area contributed by atoms with Crippen LogP contribution in [-0.2, 0) is 0 Å². The van der Waals surface area contributed by atoms with E-state index in [1.807, 2.05) is 18.2 Å². The van der Waals surface area contributed by atoms with E-state index in [-0.39, 0.29) is 5.84 Å². The molecule has 0 amide bonds. The number of amidine groups is 1. The summed E-state index contributed by atoms with van der Waals surface area (Å²) in [5, 5.41) is 16.0. The summed E-state index contributed by atoms with van der Waals surface area (Å²) in [6.07, 6.45) is 1.52. The minimum atomic E-state index is -0.0278. The lowest BCUT2D eigenvalue weighted by molar-refractivity contribution is 0.171. The van der Waals surface area contributed by atoms with Gasteiger partial charge in [-0.25, -0.2) is 0 Å². The van der Waals surface area contributed by atoms with Crippen LogP contribution in [0.1, 0.15) is 5.56 Å². The van der Waals surface area contributed by atoms with Gasteiger partial charge in [-0.1, -0.05) is 11.8 Å². The van der Waals surface area contributed by atoms with Gasteiger partial charge in [-0.15, -0.1) is 5.10 Å². The Morgan fingerprint density at radius 3 is 2.80 bits per heavy atom. The van der Waals surface area contributed by atoms with Crippen LogP contribution in [0.25, 0.3) is 0 Å². The molecule has 1 aromatic heterocycles. The number of hydrogen-bond acceptors (Lipinski definition) is 6. The largest absolute Gasteiger partial charge is 0.486 e. The molecule has 1 aliphatic rings. The molecule has 0 spiro atoms. The Kier molecular flexibility index (Phi) is 3.42. The zero-order chi connectivity index (χ0) is 13.9. The number of benzene rings is 1. The molecule has 20 heavy (non-hydrogen) atoms. The van der Waals surface area contributed by atoms with Gasteiger partial charge in [0.05, 0.1) is 11.8 Å². The van der Waals surface area contributed by atoms with Crippen LogP contribution in [0.4, 0.5) is 0 Å². The van der Waals surface area contributed by atoms with Gasteiger partial charge in [0.2, 0.25) is 0 Å². The Morgan fingerprint density at radius 2 is 2.00 bits per heavy atom. The van der Waals surface area contributed by atoms with Crippen molar-refractivity contribution in [2.45, 2.75) is 9.92 Å². The molecule has 0 saturated heterocycles. The summed E-state index contributed by atoms with van der Waals surface area (Å²) in [7, 11) is 0. The molecule has 3 rings (SSSR count). The second kappa shape index (κ2) is 5.38. The third-order valence-corrected chi connectivity index (χ3v) is 3.69. The van der Waals surface area contributed by atoms with Crippen LogP contribution in [0.3, 0.4) is 0 Å². The number of rotatable bonds is 3. The number of nitrogens with two attached hydrogens (primary N) is 1. The number of aromatic nitrogens is 2. The molecule has 1 aromatic carbocycles. The molecule has 6 nitrogen and oxygen atoms in total. The van der Waals surface area contributed by atoms with E-state index in [2.05, 4.69) is 10.2 Å². The van der Waals surface area contributed by atoms with Crippen molar-refractivity contribution in [1.82, 2.24) is 10.2 Å². The molecule has 3 N–H and O–H groups in total. The lowest BCUT2D eigenvalue weighted by Gasteiger charge is -2.18. The monoisotopic (exact) mass is 288 g/mol. The fourth-order valence-corrected chi connectivity index (χ4v) is 2.70. The van der Waals surface area contributed by atoms with Crippen LogP contribution in [0.2, 0.25) is 0 Å². The quantitative estimate of drug-likeness (QED) is 0.659.